The molecule has 0 saturated heterocycles. The standard InChI is InChI=1S/C21H26N2S/c1-4-17(11-12-22-2)5-6-18-7-8-20-16-21(23(3)13-14-24)10-9-19(20)15-18/h4-12,15-16,22,24H,13-14H2,1-3H3/b6-5+,12-11-,17-4-. The van der Waals surface area contributed by atoms with Crippen LogP contribution in [0.25, 0.3) is 16.8 Å². The number of fused-ring (bicyclic) bond motifs is 1. The van der Waals surface area contributed by atoms with Crippen molar-refractivity contribution in [2.75, 3.05) is 31.3 Å². The Hall–Kier alpha value is -2.13. The topological polar surface area (TPSA) is 15.3 Å². The lowest BCUT2D eigenvalue weighted by Crippen LogP contribution is -2.19. The molecule has 2 nitrogen and oxygen atoms in total. The van der Waals surface area contributed by atoms with Crippen molar-refractivity contribution >= 4 is 35.2 Å². The van der Waals surface area contributed by atoms with Crippen molar-refractivity contribution < 1.29 is 0 Å². The van der Waals surface area contributed by atoms with Crippen LogP contribution in [-0.2, 0) is 0 Å². The molecule has 0 bridgehead atoms. The molecule has 2 aromatic carbocycles. The Kier molecular flexibility index (Phi) is 7.01. The van der Waals surface area contributed by atoms with Gasteiger partial charge in [0.25, 0.3) is 0 Å². The molecule has 126 valence electrons. The number of allylic oxidation sites excluding steroid dienone is 4. The molecule has 0 amide bonds. The van der Waals surface area contributed by atoms with Crippen molar-refractivity contribution in [3.8, 4) is 0 Å². The summed E-state index contributed by atoms with van der Waals surface area (Å²) in [4.78, 5) is 2.23. The van der Waals surface area contributed by atoms with E-state index in [4.69, 9.17) is 0 Å². The van der Waals surface area contributed by atoms with E-state index in [1.54, 1.807) is 0 Å². The summed E-state index contributed by atoms with van der Waals surface area (Å²) in [6.07, 6.45) is 10.4. The van der Waals surface area contributed by atoms with Crippen LogP contribution in [0.1, 0.15) is 12.5 Å². The van der Waals surface area contributed by atoms with E-state index in [2.05, 4.69) is 90.6 Å². The Balaban J connectivity index is 2.22. The second-order valence-corrected chi connectivity index (χ2v) is 6.13. The fourth-order valence-corrected chi connectivity index (χ4v) is 2.79. The Morgan fingerprint density at radius 3 is 2.58 bits per heavy atom. The van der Waals surface area contributed by atoms with E-state index in [0.717, 1.165) is 12.3 Å². The molecule has 0 aliphatic rings. The average Bonchev–Trinajstić information content (AvgIpc) is 2.61. The van der Waals surface area contributed by atoms with Crippen LogP contribution in [0.5, 0.6) is 0 Å². The van der Waals surface area contributed by atoms with E-state index in [1.807, 2.05) is 20.2 Å². The van der Waals surface area contributed by atoms with Gasteiger partial charge in [-0.1, -0.05) is 36.4 Å². The summed E-state index contributed by atoms with van der Waals surface area (Å²) in [6, 6.07) is 13.2. The molecule has 3 heteroatoms. The Labute approximate surface area is 151 Å². The maximum absolute atomic E-state index is 4.30. The van der Waals surface area contributed by atoms with Crippen LogP contribution in [0.3, 0.4) is 0 Å². The molecular weight excluding hydrogens is 312 g/mol. The van der Waals surface area contributed by atoms with Gasteiger partial charge in [-0.2, -0.15) is 12.6 Å². The minimum Gasteiger partial charge on any atom is -0.394 e. The third kappa shape index (κ3) is 4.93. The molecule has 1 N–H and O–H groups in total. The van der Waals surface area contributed by atoms with E-state index in [1.165, 1.54) is 27.6 Å². The monoisotopic (exact) mass is 338 g/mol. The molecule has 0 atom stereocenters. The number of nitrogens with zero attached hydrogens (tertiary/aromatic N) is 1. The molecule has 0 radical (unpaired) electrons. The predicted molar refractivity (Wildman–Crippen MR) is 112 cm³/mol. The van der Waals surface area contributed by atoms with Crippen LogP contribution in [0, 0.1) is 0 Å². The fraction of sp³-hybridized carbons (Fsp3) is 0.238. The number of anilines is 1. The Bertz CT molecular complexity index is 760. The summed E-state index contributed by atoms with van der Waals surface area (Å²) in [5.74, 6) is 0.855. The van der Waals surface area contributed by atoms with Gasteiger partial charge in [-0.25, -0.2) is 0 Å². The van der Waals surface area contributed by atoms with Gasteiger partial charge in [-0.05, 0) is 59.3 Å². The van der Waals surface area contributed by atoms with Gasteiger partial charge in [0.1, 0.15) is 0 Å². The van der Waals surface area contributed by atoms with Gasteiger partial charge in [0, 0.05) is 32.1 Å². The molecular formula is C21H26N2S. The number of hydrogen-bond donors (Lipinski definition) is 2. The summed E-state index contributed by atoms with van der Waals surface area (Å²) in [5, 5.41) is 5.53. The van der Waals surface area contributed by atoms with Gasteiger partial charge in [0.15, 0.2) is 0 Å². The summed E-state index contributed by atoms with van der Waals surface area (Å²) in [5.41, 5.74) is 3.61. The zero-order valence-corrected chi connectivity index (χ0v) is 15.6. The molecule has 0 saturated carbocycles. The maximum Gasteiger partial charge on any atom is 0.0370 e. The molecule has 0 aliphatic carbocycles. The smallest absolute Gasteiger partial charge is 0.0370 e. The summed E-state index contributed by atoms with van der Waals surface area (Å²) in [7, 11) is 4.00. The zero-order chi connectivity index (χ0) is 17.4. The molecule has 2 aromatic rings. The molecule has 0 aliphatic heterocycles. The normalized spacial score (nSPS) is 12.4. The lowest BCUT2D eigenvalue weighted by Gasteiger charge is -2.18. The van der Waals surface area contributed by atoms with Crippen LogP contribution >= 0.6 is 12.6 Å². The van der Waals surface area contributed by atoms with Crippen molar-refractivity contribution in [3.63, 3.8) is 0 Å². The third-order valence-electron chi connectivity index (χ3n) is 3.97. The maximum atomic E-state index is 4.30. The van der Waals surface area contributed by atoms with Gasteiger partial charge < -0.3 is 10.2 Å². The van der Waals surface area contributed by atoms with Crippen molar-refractivity contribution in [2.45, 2.75) is 6.92 Å². The van der Waals surface area contributed by atoms with Crippen molar-refractivity contribution in [2.24, 2.45) is 0 Å². The first kappa shape index (κ1) is 18.2. The van der Waals surface area contributed by atoms with Crippen molar-refractivity contribution in [1.82, 2.24) is 5.32 Å². The molecule has 0 unspecified atom stereocenters. The SMILES string of the molecule is C/C=C(\C=C/NC)/C=C/c1ccc2cc(N(C)CCS)ccc2c1. The van der Waals surface area contributed by atoms with E-state index in [-0.39, 0.29) is 0 Å². The quantitative estimate of drug-likeness (QED) is 0.551. The van der Waals surface area contributed by atoms with Crippen LogP contribution in [-0.4, -0.2) is 26.4 Å². The highest BCUT2D eigenvalue weighted by Gasteiger charge is 2.02. The highest BCUT2D eigenvalue weighted by Crippen LogP contribution is 2.23. The second-order valence-electron chi connectivity index (χ2n) is 5.68. The first-order valence-electron chi connectivity index (χ1n) is 8.22. The lowest BCUT2D eigenvalue weighted by atomic mass is 10.0. The van der Waals surface area contributed by atoms with E-state index < -0.39 is 0 Å². The van der Waals surface area contributed by atoms with Crippen LogP contribution in [0.2, 0.25) is 0 Å². The molecule has 24 heavy (non-hydrogen) atoms. The molecule has 2 rings (SSSR count). The van der Waals surface area contributed by atoms with Crippen LogP contribution in [0.15, 0.2) is 66.4 Å². The first-order chi connectivity index (χ1) is 11.7. The van der Waals surface area contributed by atoms with Gasteiger partial charge in [-0.15, -0.1) is 0 Å². The first-order valence-corrected chi connectivity index (χ1v) is 8.85. The fourth-order valence-electron chi connectivity index (χ4n) is 2.49. The van der Waals surface area contributed by atoms with Crippen molar-refractivity contribution in [3.05, 3.63) is 72.0 Å². The average molecular weight is 339 g/mol. The highest BCUT2D eigenvalue weighted by molar-refractivity contribution is 7.80. The van der Waals surface area contributed by atoms with E-state index in [9.17, 15) is 0 Å². The number of nitrogens with one attached hydrogen (secondary N) is 1. The van der Waals surface area contributed by atoms with Crippen molar-refractivity contribution in [1.29, 1.82) is 0 Å². The number of benzene rings is 2. The number of thiol groups is 1. The summed E-state index contributed by atoms with van der Waals surface area (Å²) >= 11 is 4.30. The van der Waals surface area contributed by atoms with Crippen LogP contribution < -0.4 is 10.2 Å². The molecule has 0 fully saturated rings. The largest absolute Gasteiger partial charge is 0.394 e. The molecule has 0 spiro atoms. The Morgan fingerprint density at radius 1 is 1.12 bits per heavy atom. The van der Waals surface area contributed by atoms with E-state index >= 15 is 0 Å². The summed E-state index contributed by atoms with van der Waals surface area (Å²) in [6.45, 7) is 2.99. The highest BCUT2D eigenvalue weighted by atomic mass is 32.1. The van der Waals surface area contributed by atoms with Gasteiger partial charge in [0.2, 0.25) is 0 Å². The number of hydrogen-bond acceptors (Lipinski definition) is 3. The van der Waals surface area contributed by atoms with Crippen LogP contribution in [0.4, 0.5) is 5.69 Å². The minimum atomic E-state index is 0.855. The van der Waals surface area contributed by atoms with Gasteiger partial charge in [-0.3, -0.25) is 0 Å². The van der Waals surface area contributed by atoms with Gasteiger partial charge in [0.05, 0.1) is 0 Å². The second kappa shape index (κ2) is 9.24. The minimum absolute atomic E-state index is 0.855. The molecule has 0 heterocycles. The predicted octanol–water partition coefficient (Wildman–Crippen LogP) is 4.90. The lowest BCUT2D eigenvalue weighted by molar-refractivity contribution is 0.981. The summed E-state index contributed by atoms with van der Waals surface area (Å²) < 4.78 is 0. The zero-order valence-electron chi connectivity index (χ0n) is 14.7. The van der Waals surface area contributed by atoms with Gasteiger partial charge >= 0.3 is 0 Å². The number of rotatable bonds is 7. The van der Waals surface area contributed by atoms with E-state index in [0.29, 0.717) is 0 Å². The third-order valence-corrected chi connectivity index (χ3v) is 4.17. The Morgan fingerprint density at radius 2 is 1.88 bits per heavy atom. The molecule has 0 aromatic heterocycles.